The van der Waals surface area contributed by atoms with Gasteiger partial charge in [0.1, 0.15) is 5.69 Å². The van der Waals surface area contributed by atoms with Crippen LogP contribution in [-0.4, -0.2) is 36.9 Å². The second-order valence-electron chi connectivity index (χ2n) is 5.80. The summed E-state index contributed by atoms with van der Waals surface area (Å²) < 4.78 is 22.8. The van der Waals surface area contributed by atoms with E-state index in [2.05, 4.69) is 16.4 Å². The number of amides is 1. The number of nitrogens with one attached hydrogen (secondary N) is 2. The molecule has 1 unspecified atom stereocenters. The van der Waals surface area contributed by atoms with Gasteiger partial charge in [0.2, 0.25) is 0 Å². The van der Waals surface area contributed by atoms with Crippen molar-refractivity contribution >= 4 is 26.6 Å². The Morgan fingerprint density at radius 2 is 2.05 bits per heavy atom. The fraction of sp³-hybridized carbons (Fsp3) is 0.400. The Kier molecular flexibility index (Phi) is 3.28. The SMILES string of the molecule is Cc1cc(C)c2cc(C(=O)NC3CCS(=O)(=O)C3)[nH]c2c1. The normalized spacial score (nSPS) is 20.8. The van der Waals surface area contributed by atoms with Gasteiger partial charge in [0.25, 0.3) is 5.91 Å². The summed E-state index contributed by atoms with van der Waals surface area (Å²) in [7, 11) is -2.99. The van der Waals surface area contributed by atoms with Gasteiger partial charge in [-0.15, -0.1) is 0 Å². The van der Waals surface area contributed by atoms with E-state index in [0.717, 1.165) is 22.0 Å². The number of sulfone groups is 1. The highest BCUT2D eigenvalue weighted by Gasteiger charge is 2.29. The topological polar surface area (TPSA) is 79.0 Å². The molecule has 1 saturated heterocycles. The first-order valence-electron chi connectivity index (χ1n) is 6.95. The summed E-state index contributed by atoms with van der Waals surface area (Å²) in [6.07, 6.45) is 0.492. The molecule has 2 heterocycles. The summed E-state index contributed by atoms with van der Waals surface area (Å²) in [6, 6.07) is 5.61. The Morgan fingerprint density at radius 3 is 2.71 bits per heavy atom. The summed E-state index contributed by atoms with van der Waals surface area (Å²) in [4.78, 5) is 15.4. The number of hydrogen-bond acceptors (Lipinski definition) is 3. The molecule has 1 fully saturated rings. The number of aromatic amines is 1. The lowest BCUT2D eigenvalue weighted by Crippen LogP contribution is -2.35. The molecule has 1 aromatic carbocycles. The Bertz CT molecular complexity index is 821. The van der Waals surface area contributed by atoms with Crippen LogP contribution in [0.5, 0.6) is 0 Å². The number of hydrogen-bond donors (Lipinski definition) is 2. The van der Waals surface area contributed by atoms with Crippen molar-refractivity contribution in [2.24, 2.45) is 0 Å². The van der Waals surface area contributed by atoms with Gasteiger partial charge in [0.05, 0.1) is 11.5 Å². The van der Waals surface area contributed by atoms with Crippen LogP contribution in [-0.2, 0) is 9.84 Å². The van der Waals surface area contributed by atoms with Crippen molar-refractivity contribution in [1.29, 1.82) is 0 Å². The van der Waals surface area contributed by atoms with E-state index >= 15 is 0 Å². The largest absolute Gasteiger partial charge is 0.351 e. The van der Waals surface area contributed by atoms with Gasteiger partial charge in [-0.25, -0.2) is 8.42 Å². The van der Waals surface area contributed by atoms with Gasteiger partial charge >= 0.3 is 0 Å². The number of rotatable bonds is 2. The average molecular weight is 306 g/mol. The van der Waals surface area contributed by atoms with Crippen LogP contribution in [0.25, 0.3) is 10.9 Å². The minimum absolute atomic E-state index is 0.0388. The van der Waals surface area contributed by atoms with Crippen molar-refractivity contribution in [2.45, 2.75) is 26.3 Å². The second-order valence-corrected chi connectivity index (χ2v) is 8.03. The molecule has 0 bridgehead atoms. The van der Waals surface area contributed by atoms with Gasteiger partial charge in [0.15, 0.2) is 9.84 Å². The van der Waals surface area contributed by atoms with Crippen LogP contribution < -0.4 is 5.32 Å². The first-order valence-corrected chi connectivity index (χ1v) is 8.77. The van der Waals surface area contributed by atoms with Crippen molar-refractivity contribution in [1.82, 2.24) is 10.3 Å². The monoisotopic (exact) mass is 306 g/mol. The van der Waals surface area contributed by atoms with Gasteiger partial charge in [-0.1, -0.05) is 6.07 Å². The summed E-state index contributed by atoms with van der Waals surface area (Å²) in [5.74, 6) is -0.0505. The zero-order valence-corrected chi connectivity index (χ0v) is 12.9. The molecule has 1 amide bonds. The maximum absolute atomic E-state index is 12.2. The summed E-state index contributed by atoms with van der Waals surface area (Å²) in [6.45, 7) is 4.02. The third-order valence-electron chi connectivity index (χ3n) is 3.90. The molecule has 0 radical (unpaired) electrons. The molecule has 1 atom stereocenters. The third kappa shape index (κ3) is 2.81. The minimum atomic E-state index is -2.99. The Balaban J connectivity index is 1.84. The van der Waals surface area contributed by atoms with E-state index in [-0.39, 0.29) is 23.5 Å². The van der Waals surface area contributed by atoms with Gasteiger partial charge in [-0.3, -0.25) is 4.79 Å². The average Bonchev–Trinajstić information content (AvgIpc) is 2.93. The molecule has 2 aromatic rings. The lowest BCUT2D eigenvalue weighted by Gasteiger charge is -2.09. The van der Waals surface area contributed by atoms with Crippen LogP contribution in [0.3, 0.4) is 0 Å². The third-order valence-corrected chi connectivity index (χ3v) is 5.67. The highest BCUT2D eigenvalue weighted by atomic mass is 32.2. The number of benzene rings is 1. The van der Waals surface area contributed by atoms with Gasteiger partial charge in [-0.2, -0.15) is 0 Å². The predicted molar refractivity (Wildman–Crippen MR) is 82.3 cm³/mol. The summed E-state index contributed by atoms with van der Waals surface area (Å²) in [5, 5.41) is 3.81. The molecule has 1 aliphatic rings. The van der Waals surface area contributed by atoms with E-state index in [1.54, 1.807) is 0 Å². The van der Waals surface area contributed by atoms with Gasteiger partial charge < -0.3 is 10.3 Å². The molecule has 0 saturated carbocycles. The van der Waals surface area contributed by atoms with E-state index < -0.39 is 9.84 Å². The maximum Gasteiger partial charge on any atom is 0.267 e. The van der Waals surface area contributed by atoms with Gasteiger partial charge in [-0.05, 0) is 43.5 Å². The van der Waals surface area contributed by atoms with E-state index in [1.165, 1.54) is 0 Å². The molecular formula is C15H18N2O3S. The molecule has 112 valence electrons. The Labute approximate surface area is 123 Å². The Morgan fingerprint density at radius 1 is 1.29 bits per heavy atom. The highest BCUT2D eigenvalue weighted by Crippen LogP contribution is 2.21. The first-order chi connectivity index (χ1) is 9.84. The van der Waals surface area contributed by atoms with Crippen LogP contribution in [0, 0.1) is 13.8 Å². The zero-order chi connectivity index (χ0) is 15.2. The van der Waals surface area contributed by atoms with Crippen molar-refractivity contribution in [3.05, 3.63) is 35.0 Å². The van der Waals surface area contributed by atoms with E-state index in [9.17, 15) is 13.2 Å². The minimum Gasteiger partial charge on any atom is -0.351 e. The number of H-pyrrole nitrogens is 1. The van der Waals surface area contributed by atoms with Crippen LogP contribution in [0.2, 0.25) is 0 Å². The van der Waals surface area contributed by atoms with Gasteiger partial charge in [0, 0.05) is 16.9 Å². The number of aromatic nitrogens is 1. The number of fused-ring (bicyclic) bond motifs is 1. The van der Waals surface area contributed by atoms with Crippen molar-refractivity contribution in [2.75, 3.05) is 11.5 Å². The fourth-order valence-electron chi connectivity index (χ4n) is 2.89. The molecular weight excluding hydrogens is 288 g/mol. The molecule has 0 aliphatic carbocycles. The molecule has 1 aliphatic heterocycles. The highest BCUT2D eigenvalue weighted by molar-refractivity contribution is 7.91. The van der Waals surface area contributed by atoms with Crippen molar-refractivity contribution in [3.8, 4) is 0 Å². The van der Waals surface area contributed by atoms with Crippen LogP contribution in [0.1, 0.15) is 28.0 Å². The lowest BCUT2D eigenvalue weighted by molar-refractivity contribution is 0.0937. The van der Waals surface area contributed by atoms with Crippen LogP contribution in [0.4, 0.5) is 0 Å². The lowest BCUT2D eigenvalue weighted by atomic mass is 10.1. The smallest absolute Gasteiger partial charge is 0.267 e. The zero-order valence-electron chi connectivity index (χ0n) is 12.1. The molecule has 0 spiro atoms. The molecule has 2 N–H and O–H groups in total. The number of aryl methyl sites for hydroxylation is 2. The second kappa shape index (κ2) is 4.87. The van der Waals surface area contributed by atoms with E-state index in [1.807, 2.05) is 26.0 Å². The molecule has 3 rings (SSSR count). The summed E-state index contributed by atoms with van der Waals surface area (Å²) >= 11 is 0. The van der Waals surface area contributed by atoms with E-state index in [4.69, 9.17) is 0 Å². The molecule has 6 heteroatoms. The van der Waals surface area contributed by atoms with E-state index in [0.29, 0.717) is 12.1 Å². The van der Waals surface area contributed by atoms with Crippen molar-refractivity contribution < 1.29 is 13.2 Å². The molecule has 5 nitrogen and oxygen atoms in total. The first kappa shape index (κ1) is 14.1. The maximum atomic E-state index is 12.2. The summed E-state index contributed by atoms with van der Waals surface area (Å²) in [5.41, 5.74) is 3.65. The van der Waals surface area contributed by atoms with Crippen molar-refractivity contribution in [3.63, 3.8) is 0 Å². The number of carbonyl (C=O) groups is 1. The quantitative estimate of drug-likeness (QED) is 0.886. The molecule has 21 heavy (non-hydrogen) atoms. The van der Waals surface area contributed by atoms with Crippen LogP contribution >= 0.6 is 0 Å². The molecule has 1 aromatic heterocycles. The predicted octanol–water partition coefficient (Wildman–Crippen LogP) is 1.70. The van der Waals surface area contributed by atoms with Crippen LogP contribution in [0.15, 0.2) is 18.2 Å². The standard InChI is InChI=1S/C15H18N2O3S/c1-9-5-10(2)12-7-14(17-13(12)6-9)15(18)16-11-3-4-21(19,20)8-11/h5-7,11,17H,3-4,8H2,1-2H3,(H,16,18). The fourth-order valence-corrected chi connectivity index (χ4v) is 4.57. The number of carbonyl (C=O) groups excluding carboxylic acids is 1. The Hall–Kier alpha value is -1.82.